The molecule has 1 fully saturated rings. The Morgan fingerprint density at radius 3 is 2.84 bits per heavy atom. The Balaban J connectivity index is 2.30. The summed E-state index contributed by atoms with van der Waals surface area (Å²) in [5.74, 6) is 0. The maximum Gasteiger partial charge on any atom is 0.0735 e. The summed E-state index contributed by atoms with van der Waals surface area (Å²) < 4.78 is 0. The summed E-state index contributed by atoms with van der Waals surface area (Å²) in [5, 5.41) is 10.7. The van der Waals surface area contributed by atoms with Crippen LogP contribution in [0.1, 0.15) is 12.0 Å². The highest BCUT2D eigenvalue weighted by Crippen LogP contribution is 2.31. The normalized spacial score (nSPS) is 23.4. The lowest BCUT2D eigenvalue weighted by Crippen LogP contribution is -2.38. The summed E-state index contributed by atoms with van der Waals surface area (Å²) in [7, 11) is 4.09. The van der Waals surface area contributed by atoms with Gasteiger partial charge in [0.25, 0.3) is 0 Å². The lowest BCUT2D eigenvalue weighted by molar-refractivity contribution is 0.191. The van der Waals surface area contributed by atoms with E-state index >= 15 is 0 Å². The molecule has 1 aliphatic rings. The lowest BCUT2D eigenvalue weighted by Gasteiger charge is -2.30. The van der Waals surface area contributed by atoms with E-state index in [2.05, 4.69) is 9.80 Å². The molecule has 2 rings (SSSR count). The van der Waals surface area contributed by atoms with Crippen molar-refractivity contribution in [2.24, 2.45) is 5.73 Å². The monoisotopic (exact) mass is 283 g/mol. The summed E-state index contributed by atoms with van der Waals surface area (Å²) in [6, 6.07) is 6.08. The van der Waals surface area contributed by atoms with Crippen LogP contribution in [0, 0.1) is 0 Å². The zero-order chi connectivity index (χ0) is 14.0. The molecule has 106 valence electrons. The van der Waals surface area contributed by atoms with Crippen molar-refractivity contribution in [3.05, 3.63) is 28.8 Å². The van der Waals surface area contributed by atoms with Crippen LogP contribution >= 0.6 is 11.6 Å². The Bertz CT molecular complexity index is 439. The maximum absolute atomic E-state index is 9.95. The molecule has 1 aromatic carbocycles. The van der Waals surface area contributed by atoms with Gasteiger partial charge in [-0.2, -0.15) is 0 Å². The van der Waals surface area contributed by atoms with Gasteiger partial charge in [0.05, 0.1) is 6.10 Å². The standard InChI is InChI=1S/C14H22ClN3O/c1-17(2)8-12-6-13(19)9-18(12)14-5-11(15)4-3-10(14)7-16/h3-5,12-13,19H,6-9,16H2,1-2H3. The van der Waals surface area contributed by atoms with Crippen LogP contribution in [0.3, 0.4) is 0 Å². The van der Waals surface area contributed by atoms with E-state index in [4.69, 9.17) is 17.3 Å². The number of likely N-dealkylation sites (N-methyl/N-ethyl adjacent to an activating group) is 1. The van der Waals surface area contributed by atoms with Crippen molar-refractivity contribution in [3.8, 4) is 0 Å². The second-order valence-corrected chi connectivity index (χ2v) is 5.87. The first-order valence-corrected chi connectivity index (χ1v) is 6.97. The van der Waals surface area contributed by atoms with E-state index in [0.717, 1.165) is 24.2 Å². The number of hydrogen-bond donors (Lipinski definition) is 2. The molecule has 19 heavy (non-hydrogen) atoms. The maximum atomic E-state index is 9.95. The van der Waals surface area contributed by atoms with Gasteiger partial charge < -0.3 is 20.6 Å². The van der Waals surface area contributed by atoms with Crippen molar-refractivity contribution in [1.29, 1.82) is 0 Å². The fraction of sp³-hybridized carbons (Fsp3) is 0.571. The number of β-amino-alcohol motifs (C(OH)–C–C–N with tert-alkyl or cyclic N) is 1. The quantitative estimate of drug-likeness (QED) is 0.875. The van der Waals surface area contributed by atoms with Gasteiger partial charge in [-0.3, -0.25) is 0 Å². The topological polar surface area (TPSA) is 52.7 Å². The van der Waals surface area contributed by atoms with Crippen molar-refractivity contribution < 1.29 is 5.11 Å². The molecule has 0 radical (unpaired) electrons. The van der Waals surface area contributed by atoms with E-state index in [1.54, 1.807) is 0 Å². The van der Waals surface area contributed by atoms with E-state index in [1.165, 1.54) is 0 Å². The van der Waals surface area contributed by atoms with Gasteiger partial charge in [0, 0.05) is 36.4 Å². The number of rotatable bonds is 4. The van der Waals surface area contributed by atoms with Crippen LogP contribution in [-0.2, 0) is 6.54 Å². The third kappa shape index (κ3) is 3.39. The van der Waals surface area contributed by atoms with E-state index in [1.807, 2.05) is 32.3 Å². The van der Waals surface area contributed by atoms with Crippen LogP contribution in [0.5, 0.6) is 0 Å². The Morgan fingerprint density at radius 1 is 1.47 bits per heavy atom. The predicted molar refractivity (Wildman–Crippen MR) is 79.7 cm³/mol. The molecule has 2 unspecified atom stereocenters. The number of aliphatic hydroxyl groups excluding tert-OH is 1. The number of benzene rings is 1. The fourth-order valence-corrected chi connectivity index (χ4v) is 2.92. The molecule has 1 saturated heterocycles. The minimum absolute atomic E-state index is 0.283. The van der Waals surface area contributed by atoms with Crippen LogP contribution in [0.4, 0.5) is 5.69 Å². The van der Waals surface area contributed by atoms with Gasteiger partial charge in [-0.15, -0.1) is 0 Å². The van der Waals surface area contributed by atoms with Crippen molar-refractivity contribution in [2.75, 3.05) is 32.1 Å². The molecule has 0 aromatic heterocycles. The van der Waals surface area contributed by atoms with Gasteiger partial charge in [-0.25, -0.2) is 0 Å². The molecule has 3 N–H and O–H groups in total. The molecule has 4 nitrogen and oxygen atoms in total. The van der Waals surface area contributed by atoms with Crippen molar-refractivity contribution in [3.63, 3.8) is 0 Å². The molecule has 5 heteroatoms. The average molecular weight is 284 g/mol. The number of aliphatic hydroxyl groups is 1. The Kier molecular flexibility index (Phi) is 4.68. The molecule has 1 heterocycles. The smallest absolute Gasteiger partial charge is 0.0735 e. The second kappa shape index (κ2) is 6.09. The molecule has 0 bridgehead atoms. The first-order valence-electron chi connectivity index (χ1n) is 6.59. The predicted octanol–water partition coefficient (Wildman–Crippen LogP) is 1.30. The van der Waals surface area contributed by atoms with Crippen LogP contribution < -0.4 is 10.6 Å². The number of halogens is 1. The van der Waals surface area contributed by atoms with Crippen molar-refractivity contribution >= 4 is 17.3 Å². The lowest BCUT2D eigenvalue weighted by atomic mass is 10.1. The zero-order valence-electron chi connectivity index (χ0n) is 11.5. The summed E-state index contributed by atoms with van der Waals surface area (Å²) in [6.07, 6.45) is 0.504. The molecule has 2 atom stereocenters. The molecule has 1 aliphatic heterocycles. The summed E-state index contributed by atoms with van der Waals surface area (Å²) in [6.45, 7) is 2.03. The Morgan fingerprint density at radius 2 is 2.21 bits per heavy atom. The van der Waals surface area contributed by atoms with Crippen LogP contribution in [0.15, 0.2) is 18.2 Å². The first-order chi connectivity index (χ1) is 9.01. The molecule has 0 saturated carbocycles. The number of nitrogens with two attached hydrogens (primary N) is 1. The zero-order valence-corrected chi connectivity index (χ0v) is 12.3. The van der Waals surface area contributed by atoms with E-state index < -0.39 is 0 Å². The molecule has 0 amide bonds. The van der Waals surface area contributed by atoms with Gasteiger partial charge >= 0.3 is 0 Å². The molecule has 0 spiro atoms. The van der Waals surface area contributed by atoms with Gasteiger partial charge in [0.15, 0.2) is 0 Å². The molecule has 0 aliphatic carbocycles. The number of anilines is 1. The SMILES string of the molecule is CN(C)CC1CC(O)CN1c1cc(Cl)ccc1CN. The van der Waals surface area contributed by atoms with E-state index in [0.29, 0.717) is 24.2 Å². The molecular weight excluding hydrogens is 262 g/mol. The highest BCUT2D eigenvalue weighted by atomic mass is 35.5. The molecular formula is C14H22ClN3O. The van der Waals surface area contributed by atoms with Crippen molar-refractivity contribution in [2.45, 2.75) is 25.1 Å². The van der Waals surface area contributed by atoms with Gasteiger partial charge in [-0.05, 0) is 38.2 Å². The van der Waals surface area contributed by atoms with Crippen LogP contribution in [0.25, 0.3) is 0 Å². The number of hydrogen-bond acceptors (Lipinski definition) is 4. The third-order valence-corrected chi connectivity index (χ3v) is 3.78. The van der Waals surface area contributed by atoms with E-state index in [-0.39, 0.29) is 6.10 Å². The van der Waals surface area contributed by atoms with Crippen LogP contribution in [0.2, 0.25) is 5.02 Å². The molecule has 1 aromatic rings. The van der Waals surface area contributed by atoms with Crippen molar-refractivity contribution in [1.82, 2.24) is 4.90 Å². The van der Waals surface area contributed by atoms with E-state index in [9.17, 15) is 5.11 Å². The average Bonchev–Trinajstić information content (AvgIpc) is 2.69. The minimum atomic E-state index is -0.283. The second-order valence-electron chi connectivity index (χ2n) is 5.44. The van der Waals surface area contributed by atoms with Crippen LogP contribution in [-0.4, -0.2) is 49.3 Å². The minimum Gasteiger partial charge on any atom is -0.391 e. The summed E-state index contributed by atoms with van der Waals surface area (Å²) in [4.78, 5) is 4.38. The van der Waals surface area contributed by atoms with Gasteiger partial charge in [0.2, 0.25) is 0 Å². The van der Waals surface area contributed by atoms with Gasteiger partial charge in [0.1, 0.15) is 0 Å². The Hall–Kier alpha value is -0.810. The highest BCUT2D eigenvalue weighted by molar-refractivity contribution is 6.30. The highest BCUT2D eigenvalue weighted by Gasteiger charge is 2.32. The number of nitrogens with zero attached hydrogens (tertiary/aromatic N) is 2. The first kappa shape index (κ1) is 14.6. The third-order valence-electron chi connectivity index (χ3n) is 3.54. The summed E-state index contributed by atoms with van der Waals surface area (Å²) in [5.41, 5.74) is 7.93. The Labute approximate surface area is 119 Å². The largest absolute Gasteiger partial charge is 0.391 e. The van der Waals surface area contributed by atoms with Gasteiger partial charge in [-0.1, -0.05) is 17.7 Å². The summed E-state index contributed by atoms with van der Waals surface area (Å²) >= 11 is 6.10. The fourth-order valence-electron chi connectivity index (χ4n) is 2.76.